The molecule has 1 N–H and O–H groups in total. The first kappa shape index (κ1) is 11.4. The van der Waals surface area contributed by atoms with Crippen LogP contribution in [0.3, 0.4) is 0 Å². The summed E-state index contributed by atoms with van der Waals surface area (Å²) in [4.78, 5) is 25.1. The van der Waals surface area contributed by atoms with Crippen LogP contribution < -0.4 is 5.32 Å². The quantitative estimate of drug-likeness (QED) is 0.775. The molecule has 2 aliphatic rings. The topological polar surface area (TPSA) is 49.4 Å². The SMILES string of the molecule is O=C(NCC(=O)N1CCC1)C1CCCCC1. The van der Waals surface area contributed by atoms with Gasteiger partial charge in [0.05, 0.1) is 6.54 Å². The largest absolute Gasteiger partial charge is 0.347 e. The second-order valence-electron chi connectivity index (χ2n) is 4.79. The van der Waals surface area contributed by atoms with E-state index in [1.54, 1.807) is 4.90 Å². The van der Waals surface area contributed by atoms with Gasteiger partial charge in [0.15, 0.2) is 0 Å². The third-order valence-electron chi connectivity index (χ3n) is 3.60. The van der Waals surface area contributed by atoms with Crippen LogP contribution in [0.15, 0.2) is 0 Å². The van der Waals surface area contributed by atoms with E-state index >= 15 is 0 Å². The van der Waals surface area contributed by atoms with E-state index in [1.165, 1.54) is 6.42 Å². The second-order valence-corrected chi connectivity index (χ2v) is 4.79. The first-order valence-corrected chi connectivity index (χ1v) is 6.33. The van der Waals surface area contributed by atoms with Gasteiger partial charge in [-0.2, -0.15) is 0 Å². The molecule has 1 heterocycles. The molecule has 0 aromatic carbocycles. The molecule has 0 radical (unpaired) electrons. The van der Waals surface area contributed by atoms with Crippen molar-refractivity contribution < 1.29 is 9.59 Å². The van der Waals surface area contributed by atoms with Crippen molar-refractivity contribution in [3.63, 3.8) is 0 Å². The first-order valence-electron chi connectivity index (χ1n) is 6.33. The van der Waals surface area contributed by atoms with Crippen molar-refractivity contribution in [2.45, 2.75) is 38.5 Å². The van der Waals surface area contributed by atoms with Gasteiger partial charge in [-0.25, -0.2) is 0 Å². The molecule has 4 heteroatoms. The van der Waals surface area contributed by atoms with Crippen LogP contribution in [-0.4, -0.2) is 36.3 Å². The minimum absolute atomic E-state index is 0.0652. The van der Waals surface area contributed by atoms with E-state index in [4.69, 9.17) is 0 Å². The molecule has 0 spiro atoms. The lowest BCUT2D eigenvalue weighted by atomic mass is 9.89. The second kappa shape index (κ2) is 5.32. The van der Waals surface area contributed by atoms with E-state index in [1.807, 2.05) is 0 Å². The fourth-order valence-corrected chi connectivity index (χ4v) is 2.35. The molecule has 2 rings (SSSR count). The van der Waals surface area contributed by atoms with Crippen molar-refractivity contribution in [2.24, 2.45) is 5.92 Å². The average Bonchev–Trinajstić information content (AvgIpc) is 2.25. The highest BCUT2D eigenvalue weighted by Gasteiger charge is 2.23. The van der Waals surface area contributed by atoms with Crippen molar-refractivity contribution in [3.8, 4) is 0 Å². The van der Waals surface area contributed by atoms with Crippen LogP contribution in [0.2, 0.25) is 0 Å². The average molecular weight is 224 g/mol. The Balaban J connectivity index is 1.67. The predicted molar refractivity (Wildman–Crippen MR) is 60.8 cm³/mol. The van der Waals surface area contributed by atoms with Gasteiger partial charge in [0, 0.05) is 19.0 Å². The lowest BCUT2D eigenvalue weighted by Gasteiger charge is -2.31. The first-order chi connectivity index (χ1) is 7.77. The normalized spacial score (nSPS) is 21.4. The lowest BCUT2D eigenvalue weighted by molar-refractivity contribution is -0.136. The van der Waals surface area contributed by atoms with Crippen LogP contribution in [0.4, 0.5) is 0 Å². The van der Waals surface area contributed by atoms with Gasteiger partial charge in [0.25, 0.3) is 0 Å². The van der Waals surface area contributed by atoms with E-state index in [0.717, 1.165) is 45.2 Å². The molecular formula is C12H20N2O2. The van der Waals surface area contributed by atoms with E-state index < -0.39 is 0 Å². The van der Waals surface area contributed by atoms with Gasteiger partial charge in [-0.3, -0.25) is 9.59 Å². The van der Waals surface area contributed by atoms with Gasteiger partial charge in [0.2, 0.25) is 11.8 Å². The monoisotopic (exact) mass is 224 g/mol. The number of hydrogen-bond acceptors (Lipinski definition) is 2. The Labute approximate surface area is 96.4 Å². The highest BCUT2D eigenvalue weighted by Crippen LogP contribution is 2.23. The highest BCUT2D eigenvalue weighted by molar-refractivity contribution is 5.86. The fraction of sp³-hybridized carbons (Fsp3) is 0.833. The van der Waals surface area contributed by atoms with Crippen LogP contribution in [0.5, 0.6) is 0 Å². The zero-order valence-corrected chi connectivity index (χ0v) is 9.71. The summed E-state index contributed by atoms with van der Waals surface area (Å²) >= 11 is 0. The molecule has 1 saturated carbocycles. The summed E-state index contributed by atoms with van der Waals surface area (Å²) in [6.45, 7) is 1.91. The maximum Gasteiger partial charge on any atom is 0.241 e. The van der Waals surface area contributed by atoms with Crippen LogP contribution >= 0.6 is 0 Å². The predicted octanol–water partition coefficient (Wildman–Crippen LogP) is 0.915. The Morgan fingerprint density at radius 3 is 2.31 bits per heavy atom. The molecule has 2 amide bonds. The molecule has 1 aliphatic carbocycles. The fourth-order valence-electron chi connectivity index (χ4n) is 2.35. The molecular weight excluding hydrogens is 204 g/mol. The van der Waals surface area contributed by atoms with Crippen LogP contribution in [0.25, 0.3) is 0 Å². The molecule has 0 aromatic heterocycles. The van der Waals surface area contributed by atoms with Gasteiger partial charge in [-0.05, 0) is 19.3 Å². The van der Waals surface area contributed by atoms with Crippen molar-refractivity contribution in [2.75, 3.05) is 19.6 Å². The Hall–Kier alpha value is -1.06. The van der Waals surface area contributed by atoms with Crippen molar-refractivity contribution in [1.82, 2.24) is 10.2 Å². The summed E-state index contributed by atoms with van der Waals surface area (Å²) in [6, 6.07) is 0. The molecule has 0 unspecified atom stereocenters. The standard InChI is InChI=1S/C12H20N2O2/c15-11(14-7-4-8-14)9-13-12(16)10-5-2-1-3-6-10/h10H,1-9H2,(H,13,16). The van der Waals surface area contributed by atoms with Crippen LogP contribution in [0.1, 0.15) is 38.5 Å². The molecule has 0 aromatic rings. The maximum absolute atomic E-state index is 11.7. The number of amides is 2. The summed E-state index contributed by atoms with van der Waals surface area (Å²) in [6.07, 6.45) is 6.63. The lowest BCUT2D eigenvalue weighted by Crippen LogP contribution is -2.47. The van der Waals surface area contributed by atoms with Crippen molar-refractivity contribution in [3.05, 3.63) is 0 Å². The van der Waals surface area contributed by atoms with Gasteiger partial charge in [-0.15, -0.1) is 0 Å². The number of nitrogens with zero attached hydrogens (tertiary/aromatic N) is 1. The van der Waals surface area contributed by atoms with Crippen molar-refractivity contribution >= 4 is 11.8 Å². The molecule has 0 bridgehead atoms. The van der Waals surface area contributed by atoms with Gasteiger partial charge >= 0.3 is 0 Å². The molecule has 0 atom stereocenters. The number of carbonyl (C=O) groups excluding carboxylic acids is 2. The minimum Gasteiger partial charge on any atom is -0.347 e. The Kier molecular flexibility index (Phi) is 3.80. The number of rotatable bonds is 3. The molecule has 2 fully saturated rings. The van der Waals surface area contributed by atoms with Gasteiger partial charge in [0.1, 0.15) is 0 Å². The molecule has 1 saturated heterocycles. The van der Waals surface area contributed by atoms with Crippen LogP contribution in [0, 0.1) is 5.92 Å². The smallest absolute Gasteiger partial charge is 0.241 e. The Morgan fingerprint density at radius 1 is 1.06 bits per heavy atom. The van der Waals surface area contributed by atoms with Gasteiger partial charge < -0.3 is 10.2 Å². The Morgan fingerprint density at radius 2 is 1.75 bits per heavy atom. The summed E-state index contributed by atoms with van der Waals surface area (Å²) < 4.78 is 0. The Bertz CT molecular complexity index is 268. The van der Waals surface area contributed by atoms with E-state index in [-0.39, 0.29) is 24.3 Å². The summed E-state index contributed by atoms with van der Waals surface area (Å²) in [5, 5.41) is 2.77. The van der Waals surface area contributed by atoms with Crippen molar-refractivity contribution in [1.29, 1.82) is 0 Å². The number of likely N-dealkylation sites (tertiary alicyclic amines) is 1. The summed E-state index contributed by atoms with van der Waals surface area (Å²) in [7, 11) is 0. The molecule has 4 nitrogen and oxygen atoms in total. The van der Waals surface area contributed by atoms with E-state index in [9.17, 15) is 9.59 Å². The molecule has 1 aliphatic heterocycles. The third kappa shape index (κ3) is 2.74. The minimum atomic E-state index is 0.0652. The molecule has 16 heavy (non-hydrogen) atoms. The number of carbonyl (C=O) groups is 2. The maximum atomic E-state index is 11.7. The van der Waals surface area contributed by atoms with Gasteiger partial charge in [-0.1, -0.05) is 19.3 Å². The van der Waals surface area contributed by atoms with E-state index in [0.29, 0.717) is 0 Å². The molecule has 90 valence electrons. The third-order valence-corrected chi connectivity index (χ3v) is 3.60. The van der Waals surface area contributed by atoms with E-state index in [2.05, 4.69) is 5.32 Å². The number of nitrogens with one attached hydrogen (secondary N) is 1. The summed E-state index contributed by atoms with van der Waals surface area (Å²) in [5.74, 6) is 0.293. The zero-order chi connectivity index (χ0) is 11.4. The highest BCUT2D eigenvalue weighted by atomic mass is 16.2. The summed E-state index contributed by atoms with van der Waals surface area (Å²) in [5.41, 5.74) is 0. The zero-order valence-electron chi connectivity index (χ0n) is 9.71. The number of hydrogen-bond donors (Lipinski definition) is 1. The van der Waals surface area contributed by atoms with Crippen LogP contribution in [-0.2, 0) is 9.59 Å².